The first-order valence-corrected chi connectivity index (χ1v) is 12.7. The van der Waals surface area contributed by atoms with Gasteiger partial charge in [-0.05, 0) is 63.1 Å². The molecular weight excluding hydrogens is 566 g/mol. The number of alkyl halides is 6. The summed E-state index contributed by atoms with van der Waals surface area (Å²) >= 11 is 0. The first-order chi connectivity index (χ1) is 17.6. The molecule has 0 unspecified atom stereocenters. The van der Waals surface area contributed by atoms with Crippen LogP contribution in [0.5, 0.6) is 0 Å². The molecule has 1 heterocycles. The molecule has 3 rings (SSSR count). The Morgan fingerprint density at radius 2 is 1.49 bits per heavy atom. The second kappa shape index (κ2) is 9.61. The second-order valence-corrected chi connectivity index (χ2v) is 12.3. The molecule has 0 spiro atoms. The highest BCUT2D eigenvalue weighted by Crippen LogP contribution is 2.52. The highest BCUT2D eigenvalue weighted by molar-refractivity contribution is 7.92. The Labute approximate surface area is 218 Å². The van der Waals surface area contributed by atoms with Crippen LogP contribution in [0.15, 0.2) is 47.4 Å². The van der Waals surface area contributed by atoms with E-state index in [4.69, 9.17) is 4.74 Å². The van der Waals surface area contributed by atoms with E-state index in [0.717, 1.165) is 29.2 Å². The maximum atomic E-state index is 15.0. The number of carbonyl (C=O) groups is 1. The molecule has 0 radical (unpaired) electrons. The molecule has 1 atom stereocenters. The van der Waals surface area contributed by atoms with E-state index in [1.807, 2.05) is 0 Å². The third kappa shape index (κ3) is 5.30. The quantitative estimate of drug-likeness (QED) is 0.372. The highest BCUT2D eigenvalue weighted by Gasteiger charge is 2.72. The van der Waals surface area contributed by atoms with Gasteiger partial charge in [-0.15, -0.1) is 0 Å². The average Bonchev–Trinajstić information content (AvgIpc) is 3.24. The van der Waals surface area contributed by atoms with Gasteiger partial charge in [0.25, 0.3) is 5.60 Å². The zero-order valence-corrected chi connectivity index (χ0v) is 21.4. The molecule has 216 valence electrons. The lowest BCUT2D eigenvalue weighted by Crippen LogP contribution is -2.54. The number of hydrogen-bond donors (Lipinski definition) is 1. The molecule has 2 aromatic rings. The molecule has 39 heavy (non-hydrogen) atoms. The highest BCUT2D eigenvalue weighted by atomic mass is 32.2. The molecule has 1 fully saturated rings. The van der Waals surface area contributed by atoms with Gasteiger partial charge in [0, 0.05) is 18.7 Å². The Morgan fingerprint density at radius 1 is 0.949 bits per heavy atom. The third-order valence-electron chi connectivity index (χ3n) is 6.23. The number of ether oxygens (including phenoxy) is 1. The molecule has 1 aliphatic rings. The summed E-state index contributed by atoms with van der Waals surface area (Å²) in [6.45, 7) is 3.57. The van der Waals surface area contributed by atoms with Crippen molar-refractivity contribution in [2.24, 2.45) is 0 Å². The van der Waals surface area contributed by atoms with Crippen LogP contribution >= 0.6 is 0 Å². The zero-order valence-electron chi connectivity index (χ0n) is 20.6. The molecule has 6 nitrogen and oxygen atoms in total. The minimum Gasteiger partial charge on any atom is -0.444 e. The van der Waals surface area contributed by atoms with Crippen LogP contribution in [0, 0.1) is 11.6 Å². The number of amides is 1. The Kier molecular flexibility index (Phi) is 7.54. The molecule has 1 saturated heterocycles. The van der Waals surface area contributed by atoms with E-state index in [-0.39, 0.29) is 18.7 Å². The van der Waals surface area contributed by atoms with Crippen molar-refractivity contribution in [2.75, 3.05) is 13.1 Å². The van der Waals surface area contributed by atoms with Gasteiger partial charge in [0.2, 0.25) is 0 Å². The Balaban J connectivity index is 2.22. The molecule has 1 N–H and O–H groups in total. The fourth-order valence-corrected chi connectivity index (χ4v) is 6.34. The van der Waals surface area contributed by atoms with Crippen LogP contribution in [0.2, 0.25) is 0 Å². The summed E-state index contributed by atoms with van der Waals surface area (Å²) in [6, 6.07) is 4.02. The van der Waals surface area contributed by atoms with Gasteiger partial charge < -0.3 is 14.7 Å². The van der Waals surface area contributed by atoms with E-state index in [2.05, 4.69) is 0 Å². The van der Waals surface area contributed by atoms with E-state index >= 15 is 4.39 Å². The van der Waals surface area contributed by atoms with Crippen molar-refractivity contribution in [3.05, 3.63) is 65.2 Å². The number of hydrogen-bond acceptors (Lipinski definition) is 5. The van der Waals surface area contributed by atoms with E-state index in [1.54, 1.807) is 0 Å². The topological polar surface area (TPSA) is 83.9 Å². The summed E-state index contributed by atoms with van der Waals surface area (Å²) in [5.41, 5.74) is -9.39. The van der Waals surface area contributed by atoms with Gasteiger partial charge in [0.15, 0.2) is 9.84 Å². The van der Waals surface area contributed by atoms with Crippen molar-refractivity contribution >= 4 is 15.9 Å². The van der Waals surface area contributed by atoms with Crippen LogP contribution in [0.25, 0.3) is 0 Å². The average molecular weight is 590 g/mol. The maximum absolute atomic E-state index is 15.0. The van der Waals surface area contributed by atoms with Crippen molar-refractivity contribution in [1.29, 1.82) is 0 Å². The fourth-order valence-electron chi connectivity index (χ4n) is 4.27. The van der Waals surface area contributed by atoms with Crippen molar-refractivity contribution in [2.45, 2.75) is 60.4 Å². The Bertz CT molecular complexity index is 1340. The summed E-state index contributed by atoms with van der Waals surface area (Å²) in [4.78, 5) is 13.1. The van der Waals surface area contributed by atoms with Crippen molar-refractivity contribution < 1.29 is 58.2 Å². The molecule has 1 aliphatic heterocycles. The molecule has 0 aromatic heterocycles. The SMILES string of the molecule is CC(C)(C)OC(=O)N1CC[C@](c2ccc(C(O)(C(F)(F)F)C(F)(F)F)c(F)c2)(S(=O)(=O)c2ccc(F)cc2)C1. The minimum atomic E-state index is -6.38. The largest absolute Gasteiger partial charge is 0.444 e. The van der Waals surface area contributed by atoms with Gasteiger partial charge in [-0.2, -0.15) is 26.3 Å². The van der Waals surface area contributed by atoms with E-state index in [1.165, 1.54) is 20.8 Å². The minimum absolute atomic E-state index is 0.00368. The normalized spacial score (nSPS) is 19.3. The first-order valence-electron chi connectivity index (χ1n) is 11.2. The van der Waals surface area contributed by atoms with Gasteiger partial charge in [-0.3, -0.25) is 0 Å². The van der Waals surface area contributed by atoms with E-state index in [9.17, 15) is 49.1 Å². The summed E-state index contributed by atoms with van der Waals surface area (Å²) in [5, 5.41) is 9.63. The molecule has 2 aromatic carbocycles. The number of carbonyl (C=O) groups excluding carboxylic acids is 1. The number of likely N-dealkylation sites (tertiary alicyclic amines) is 1. The van der Waals surface area contributed by atoms with Gasteiger partial charge in [0.1, 0.15) is 22.0 Å². The molecule has 1 amide bonds. The maximum Gasteiger partial charge on any atom is 0.430 e. The summed E-state index contributed by atoms with van der Waals surface area (Å²) in [7, 11) is -4.69. The van der Waals surface area contributed by atoms with Crippen LogP contribution in [-0.4, -0.2) is 55.6 Å². The van der Waals surface area contributed by atoms with Crippen LogP contribution < -0.4 is 0 Å². The number of halogens is 8. The fraction of sp³-hybridized carbons (Fsp3) is 0.458. The third-order valence-corrected chi connectivity index (χ3v) is 8.72. The van der Waals surface area contributed by atoms with Crippen molar-refractivity contribution in [1.82, 2.24) is 4.90 Å². The smallest absolute Gasteiger partial charge is 0.430 e. The number of benzene rings is 2. The van der Waals surface area contributed by atoms with Crippen LogP contribution in [0.3, 0.4) is 0 Å². The van der Waals surface area contributed by atoms with E-state index in [0.29, 0.717) is 6.07 Å². The lowest BCUT2D eigenvalue weighted by Gasteiger charge is -2.34. The van der Waals surface area contributed by atoms with Crippen LogP contribution in [0.1, 0.15) is 38.3 Å². The van der Waals surface area contributed by atoms with Gasteiger partial charge in [-0.25, -0.2) is 22.0 Å². The van der Waals surface area contributed by atoms with Crippen LogP contribution in [-0.2, 0) is 24.9 Å². The number of rotatable bonds is 4. The van der Waals surface area contributed by atoms with Gasteiger partial charge >= 0.3 is 18.4 Å². The van der Waals surface area contributed by atoms with E-state index < -0.39 is 84.9 Å². The predicted octanol–water partition coefficient (Wildman–Crippen LogP) is 5.59. The number of aliphatic hydroxyl groups is 1. The van der Waals surface area contributed by atoms with Crippen LogP contribution in [0.4, 0.5) is 39.9 Å². The molecule has 0 bridgehead atoms. The lowest BCUT2D eigenvalue weighted by atomic mass is 9.88. The number of sulfone groups is 1. The zero-order chi connectivity index (χ0) is 29.8. The lowest BCUT2D eigenvalue weighted by molar-refractivity contribution is -0.377. The standard InChI is InChI=1S/C24H23F8NO5S/c1-20(2,3)38-19(34)33-11-10-21(13-33,39(36,37)16-7-5-15(25)6-8-16)14-4-9-17(18(26)12-14)22(35,23(27,28)29)24(30,31)32/h4-9,12,35H,10-11,13H2,1-3H3/t21-/m0/s1. The molecule has 0 saturated carbocycles. The van der Waals surface area contributed by atoms with Gasteiger partial charge in [-0.1, -0.05) is 12.1 Å². The van der Waals surface area contributed by atoms with Crippen molar-refractivity contribution in [3.63, 3.8) is 0 Å². The predicted molar refractivity (Wildman–Crippen MR) is 120 cm³/mol. The second-order valence-electron chi connectivity index (χ2n) is 10.0. The number of nitrogens with zero attached hydrogens (tertiary/aromatic N) is 1. The Morgan fingerprint density at radius 3 is 1.95 bits per heavy atom. The summed E-state index contributed by atoms with van der Waals surface area (Å²) in [5.74, 6) is -2.99. The monoisotopic (exact) mass is 589 g/mol. The summed E-state index contributed by atoms with van der Waals surface area (Å²) < 4.78 is 139. The van der Waals surface area contributed by atoms with Gasteiger partial charge in [0.05, 0.1) is 4.90 Å². The van der Waals surface area contributed by atoms with Crippen molar-refractivity contribution in [3.8, 4) is 0 Å². The Hall–Kier alpha value is -2.94. The molecule has 15 heteroatoms. The first kappa shape index (κ1) is 30.6. The molecular formula is C24H23F8NO5S. The summed E-state index contributed by atoms with van der Waals surface area (Å²) in [6.07, 6.45) is -14.2. The molecule has 0 aliphatic carbocycles.